The van der Waals surface area contributed by atoms with Crippen LogP contribution in [0.3, 0.4) is 0 Å². The molecule has 0 aliphatic rings. The molecule has 0 aliphatic heterocycles. The summed E-state index contributed by atoms with van der Waals surface area (Å²) in [4.78, 5) is 0. The second kappa shape index (κ2) is 69.1. The summed E-state index contributed by atoms with van der Waals surface area (Å²) in [6.45, 7) is 0. The van der Waals surface area contributed by atoms with Gasteiger partial charge in [0.15, 0.2) is 0 Å². The molecule has 0 atom stereocenters. The second-order valence-corrected chi connectivity index (χ2v) is 0. The Balaban J connectivity index is 0. The van der Waals surface area contributed by atoms with E-state index in [1.807, 2.05) is 0 Å². The summed E-state index contributed by atoms with van der Waals surface area (Å²) in [6, 6.07) is 0. The molecular formula is H3Cl4NTi-2. The molecule has 0 aromatic carbocycles. The Morgan fingerprint density at radius 2 is 0.500 bits per heavy atom. The Labute approximate surface area is 77.1 Å². The summed E-state index contributed by atoms with van der Waals surface area (Å²) >= 11 is 0. The van der Waals surface area contributed by atoms with Crippen molar-refractivity contribution in [3.8, 4) is 0 Å². The molecule has 0 radical (unpaired) electrons. The zero-order valence-corrected chi connectivity index (χ0v) is 7.30. The standard InChI is InChI=1S/4ClH.H3N.Ti/h4*1H;1H3;/q;;;;;+2/p-4. The van der Waals surface area contributed by atoms with E-state index < -0.39 is 0 Å². The van der Waals surface area contributed by atoms with Gasteiger partial charge < -0.3 is 55.8 Å². The largest absolute Gasteiger partial charge is 2.00 e. The minimum Gasteiger partial charge on any atom is -1.00 e. The molecule has 3 N–H and O–H groups in total. The van der Waals surface area contributed by atoms with Gasteiger partial charge in [-0.3, -0.25) is 0 Å². The quantitative estimate of drug-likeness (QED) is 0.393. The zero-order chi connectivity index (χ0) is 0. The number of rotatable bonds is 0. The van der Waals surface area contributed by atoms with E-state index in [2.05, 4.69) is 0 Å². The maximum atomic E-state index is 0. The Morgan fingerprint density at radius 3 is 0.500 bits per heavy atom. The summed E-state index contributed by atoms with van der Waals surface area (Å²) in [7, 11) is 0. The summed E-state index contributed by atoms with van der Waals surface area (Å²) in [5.74, 6) is 0. The molecule has 42 valence electrons. The summed E-state index contributed by atoms with van der Waals surface area (Å²) in [6.07, 6.45) is 0. The van der Waals surface area contributed by atoms with Crippen molar-refractivity contribution in [1.29, 1.82) is 0 Å². The van der Waals surface area contributed by atoms with Gasteiger partial charge in [-0.1, -0.05) is 0 Å². The maximum Gasteiger partial charge on any atom is 2.00 e. The molecule has 0 fully saturated rings. The van der Waals surface area contributed by atoms with E-state index >= 15 is 0 Å². The molecule has 0 amide bonds. The molecule has 0 unspecified atom stereocenters. The third kappa shape index (κ3) is 40.5. The van der Waals surface area contributed by atoms with Crippen molar-refractivity contribution in [2.45, 2.75) is 0 Å². The van der Waals surface area contributed by atoms with Gasteiger partial charge in [0, 0.05) is 0 Å². The van der Waals surface area contributed by atoms with Crippen LogP contribution in [0.5, 0.6) is 0 Å². The molecule has 0 saturated heterocycles. The van der Waals surface area contributed by atoms with Crippen molar-refractivity contribution in [1.82, 2.24) is 6.15 Å². The number of hydrogen-bond donors (Lipinski definition) is 1. The predicted octanol–water partition coefficient (Wildman–Crippen LogP) is -11.8. The Hall–Kier alpha value is 1.83. The van der Waals surface area contributed by atoms with Crippen LogP contribution in [0.25, 0.3) is 0 Å². The molecule has 1 nitrogen and oxygen atoms in total. The SMILES string of the molecule is N.[Cl-].[Cl-].[Cl-].[Cl-].[Ti+2]. The average molecular weight is 207 g/mol. The van der Waals surface area contributed by atoms with Crippen molar-refractivity contribution in [3.05, 3.63) is 0 Å². The summed E-state index contributed by atoms with van der Waals surface area (Å²) in [5.41, 5.74) is 0. The number of halogens is 4. The van der Waals surface area contributed by atoms with E-state index in [1.54, 1.807) is 0 Å². The Bertz CT molecular complexity index is 7.51. The van der Waals surface area contributed by atoms with Crippen molar-refractivity contribution in [2.75, 3.05) is 0 Å². The van der Waals surface area contributed by atoms with E-state index in [9.17, 15) is 0 Å². The van der Waals surface area contributed by atoms with Gasteiger partial charge in [0.1, 0.15) is 0 Å². The van der Waals surface area contributed by atoms with E-state index in [1.165, 1.54) is 0 Å². The van der Waals surface area contributed by atoms with Crippen molar-refractivity contribution in [2.24, 2.45) is 0 Å². The van der Waals surface area contributed by atoms with Gasteiger partial charge in [-0.15, -0.1) is 0 Å². The molecular weight excluding hydrogens is 204 g/mol. The zero-order valence-electron chi connectivity index (χ0n) is 2.72. The predicted molar refractivity (Wildman–Crippen MR) is 5.02 cm³/mol. The third-order valence-electron chi connectivity index (χ3n) is 0. The van der Waals surface area contributed by atoms with Gasteiger partial charge in [-0.25, -0.2) is 0 Å². The van der Waals surface area contributed by atoms with E-state index in [0.717, 1.165) is 0 Å². The fourth-order valence-electron chi connectivity index (χ4n) is 0. The van der Waals surface area contributed by atoms with Crippen LogP contribution in [0.4, 0.5) is 0 Å². The van der Waals surface area contributed by atoms with Crippen LogP contribution in [0.1, 0.15) is 0 Å². The van der Waals surface area contributed by atoms with Crippen LogP contribution >= 0.6 is 0 Å². The third-order valence-corrected chi connectivity index (χ3v) is 0. The molecule has 0 heterocycles. The van der Waals surface area contributed by atoms with Crippen LogP contribution in [0.15, 0.2) is 0 Å². The minimum absolute atomic E-state index is 0. The van der Waals surface area contributed by atoms with Gasteiger partial charge >= 0.3 is 21.7 Å². The van der Waals surface area contributed by atoms with Gasteiger partial charge in [0.2, 0.25) is 0 Å². The van der Waals surface area contributed by atoms with Gasteiger partial charge in [0.25, 0.3) is 0 Å². The van der Waals surface area contributed by atoms with Gasteiger partial charge in [-0.05, 0) is 0 Å². The van der Waals surface area contributed by atoms with Crippen molar-refractivity contribution in [3.63, 3.8) is 0 Å². The topological polar surface area (TPSA) is 35.0 Å². The molecule has 0 aromatic rings. The monoisotopic (exact) mass is 205 g/mol. The first-order valence-corrected chi connectivity index (χ1v) is 0. The fraction of sp³-hybridized carbons (Fsp3) is 0. The summed E-state index contributed by atoms with van der Waals surface area (Å²) in [5, 5.41) is 0. The molecule has 0 rings (SSSR count). The van der Waals surface area contributed by atoms with E-state index in [-0.39, 0.29) is 77.5 Å². The minimum atomic E-state index is 0. The van der Waals surface area contributed by atoms with Crippen LogP contribution < -0.4 is 55.8 Å². The Morgan fingerprint density at radius 1 is 0.500 bits per heavy atom. The van der Waals surface area contributed by atoms with Crippen LogP contribution in [0, 0.1) is 0 Å². The van der Waals surface area contributed by atoms with Gasteiger partial charge in [-0.2, -0.15) is 0 Å². The van der Waals surface area contributed by atoms with E-state index in [4.69, 9.17) is 0 Å². The molecule has 0 aliphatic carbocycles. The van der Waals surface area contributed by atoms with Gasteiger partial charge in [0.05, 0.1) is 0 Å². The van der Waals surface area contributed by atoms with Crippen LogP contribution in [0.2, 0.25) is 0 Å². The fourth-order valence-corrected chi connectivity index (χ4v) is 0. The van der Waals surface area contributed by atoms with Crippen LogP contribution in [-0.4, -0.2) is 0 Å². The van der Waals surface area contributed by atoms with E-state index in [0.29, 0.717) is 0 Å². The molecule has 0 spiro atoms. The smallest absolute Gasteiger partial charge is 1.00 e. The molecule has 6 heteroatoms. The second-order valence-electron chi connectivity index (χ2n) is 0. The maximum absolute atomic E-state index is 0. The van der Waals surface area contributed by atoms with Crippen molar-refractivity contribution < 1.29 is 71.3 Å². The van der Waals surface area contributed by atoms with Crippen molar-refractivity contribution >= 4 is 0 Å². The average Bonchev–Trinajstić information content (AvgIpc) is 0. The van der Waals surface area contributed by atoms with Crippen LogP contribution in [-0.2, 0) is 21.7 Å². The summed E-state index contributed by atoms with van der Waals surface area (Å²) < 4.78 is 0. The normalized spacial score (nSPS) is 0. The molecule has 6 heavy (non-hydrogen) atoms. The first-order valence-electron chi connectivity index (χ1n) is 0. The number of hydrogen-bond acceptors (Lipinski definition) is 1. The first-order chi connectivity index (χ1) is 0. The molecule has 0 bridgehead atoms. The molecule has 0 saturated carbocycles. The molecule has 0 aromatic heterocycles. The first kappa shape index (κ1) is 109. The Kier molecular flexibility index (Phi) is 1250.